The van der Waals surface area contributed by atoms with Gasteiger partial charge in [0.15, 0.2) is 0 Å². The van der Waals surface area contributed by atoms with Gasteiger partial charge in [-0.3, -0.25) is 9.79 Å². The van der Waals surface area contributed by atoms with Crippen molar-refractivity contribution in [2.45, 2.75) is 19.8 Å². The minimum Gasteiger partial charge on any atom is -0.402 e. The maximum absolute atomic E-state index is 11.0. The zero-order valence-corrected chi connectivity index (χ0v) is 11.7. The zero-order valence-electron chi connectivity index (χ0n) is 10.8. The average Bonchev–Trinajstić information content (AvgIpc) is 2.79. The summed E-state index contributed by atoms with van der Waals surface area (Å²) in [5, 5.41) is 1.06. The molecule has 0 atom stereocenters. The Bertz CT molecular complexity index is 587. The molecule has 1 aromatic heterocycles. The molecule has 6 heteroatoms. The first-order valence-corrected chi connectivity index (χ1v) is 7.19. The van der Waals surface area contributed by atoms with E-state index in [9.17, 15) is 4.79 Å². The number of aryl methyl sites for hydroxylation is 1. The van der Waals surface area contributed by atoms with E-state index in [0.29, 0.717) is 19.5 Å². The Morgan fingerprint density at radius 1 is 1.42 bits per heavy atom. The molecule has 0 saturated heterocycles. The Balaban J connectivity index is 2.01. The number of aliphatic imine (C=N–C) groups is 1. The van der Waals surface area contributed by atoms with Gasteiger partial charge in [0, 0.05) is 48.6 Å². The van der Waals surface area contributed by atoms with Crippen molar-refractivity contribution in [1.82, 2.24) is 9.88 Å². The molecular formula is C13H16N4OS. The first kappa shape index (κ1) is 12.3. The molecule has 2 aliphatic rings. The molecule has 100 valence electrons. The number of thiazole rings is 1. The molecular weight excluding hydrogens is 260 g/mol. The molecule has 0 bridgehead atoms. The fraction of sp³-hybridized carbons (Fsp3) is 0.462. The molecule has 0 spiro atoms. The molecule has 3 heterocycles. The second-order valence-electron chi connectivity index (χ2n) is 4.81. The Kier molecular flexibility index (Phi) is 3.10. The van der Waals surface area contributed by atoms with Gasteiger partial charge < -0.3 is 10.6 Å². The monoisotopic (exact) mass is 276 g/mol. The van der Waals surface area contributed by atoms with Crippen molar-refractivity contribution >= 4 is 23.5 Å². The summed E-state index contributed by atoms with van der Waals surface area (Å²) in [5.74, 6) is 0. The minimum atomic E-state index is 0.546. The van der Waals surface area contributed by atoms with Gasteiger partial charge in [0.1, 0.15) is 5.69 Å². The highest BCUT2D eigenvalue weighted by Crippen LogP contribution is 2.27. The maximum Gasteiger partial charge on any atom is 0.210 e. The third-order valence-corrected chi connectivity index (χ3v) is 4.52. The standard InChI is InChI=1S/C13H16N4OS/c1-8-16-13-11(19-8)2-4-15-12(13)9-6-17(7-18)5-3-10(9)14/h7H,2-6,14H2,1H3. The van der Waals surface area contributed by atoms with Crippen molar-refractivity contribution in [2.24, 2.45) is 10.7 Å². The van der Waals surface area contributed by atoms with Crippen LogP contribution in [0.4, 0.5) is 0 Å². The van der Waals surface area contributed by atoms with Crippen LogP contribution in [0.2, 0.25) is 0 Å². The van der Waals surface area contributed by atoms with Crippen molar-refractivity contribution in [3.63, 3.8) is 0 Å². The predicted octanol–water partition coefficient (Wildman–Crippen LogP) is 0.872. The maximum atomic E-state index is 11.0. The highest BCUT2D eigenvalue weighted by molar-refractivity contribution is 7.11. The lowest BCUT2D eigenvalue weighted by Crippen LogP contribution is -2.36. The summed E-state index contributed by atoms with van der Waals surface area (Å²) in [5.41, 5.74) is 9.81. The number of nitrogens with two attached hydrogens (primary N) is 1. The second-order valence-corrected chi connectivity index (χ2v) is 6.10. The smallest absolute Gasteiger partial charge is 0.210 e. The Morgan fingerprint density at radius 2 is 2.26 bits per heavy atom. The van der Waals surface area contributed by atoms with Crippen LogP contribution >= 0.6 is 11.3 Å². The number of hydrogen-bond donors (Lipinski definition) is 1. The molecule has 1 amide bonds. The van der Waals surface area contributed by atoms with Crippen molar-refractivity contribution in [1.29, 1.82) is 0 Å². The quantitative estimate of drug-likeness (QED) is 0.815. The van der Waals surface area contributed by atoms with E-state index >= 15 is 0 Å². The van der Waals surface area contributed by atoms with Crippen molar-refractivity contribution in [3.05, 3.63) is 26.8 Å². The van der Waals surface area contributed by atoms with Crippen LogP contribution in [0, 0.1) is 6.92 Å². The van der Waals surface area contributed by atoms with Gasteiger partial charge in [0.2, 0.25) is 6.41 Å². The molecule has 2 N–H and O–H groups in total. The molecule has 2 aliphatic heterocycles. The lowest BCUT2D eigenvalue weighted by Gasteiger charge is -2.27. The van der Waals surface area contributed by atoms with E-state index in [1.165, 1.54) is 4.88 Å². The number of nitrogens with zero attached hydrogens (tertiary/aromatic N) is 3. The largest absolute Gasteiger partial charge is 0.402 e. The van der Waals surface area contributed by atoms with Crippen molar-refractivity contribution in [2.75, 3.05) is 19.6 Å². The molecule has 0 aromatic carbocycles. The van der Waals surface area contributed by atoms with Gasteiger partial charge in [-0.1, -0.05) is 0 Å². The molecule has 19 heavy (non-hydrogen) atoms. The molecule has 0 unspecified atom stereocenters. The van der Waals surface area contributed by atoms with Crippen LogP contribution in [-0.4, -0.2) is 41.6 Å². The molecule has 0 saturated carbocycles. The topological polar surface area (TPSA) is 71.6 Å². The van der Waals surface area contributed by atoms with E-state index in [4.69, 9.17) is 5.73 Å². The Labute approximate surface area is 115 Å². The normalized spacial score (nSPS) is 19.2. The lowest BCUT2D eigenvalue weighted by atomic mass is 9.97. The van der Waals surface area contributed by atoms with Crippen LogP contribution in [0.1, 0.15) is 22.0 Å². The van der Waals surface area contributed by atoms with Crippen LogP contribution in [0.3, 0.4) is 0 Å². The second kappa shape index (κ2) is 4.77. The van der Waals surface area contributed by atoms with Crippen molar-refractivity contribution < 1.29 is 4.79 Å². The number of carbonyl (C=O) groups excluding carboxylic acids is 1. The molecule has 0 fully saturated rings. The molecule has 0 aliphatic carbocycles. The van der Waals surface area contributed by atoms with Crippen LogP contribution < -0.4 is 5.73 Å². The number of amides is 1. The summed E-state index contributed by atoms with van der Waals surface area (Å²) in [6.45, 7) is 4.03. The van der Waals surface area contributed by atoms with E-state index < -0.39 is 0 Å². The summed E-state index contributed by atoms with van der Waals surface area (Å²) < 4.78 is 0. The fourth-order valence-corrected chi connectivity index (χ4v) is 3.45. The SMILES string of the molecule is Cc1nc2c(s1)CCN=C2C1=C(N)CCN(C=O)C1. The highest BCUT2D eigenvalue weighted by Gasteiger charge is 2.26. The Morgan fingerprint density at radius 3 is 3.05 bits per heavy atom. The van der Waals surface area contributed by atoms with Gasteiger partial charge in [-0.05, 0) is 6.92 Å². The van der Waals surface area contributed by atoms with Gasteiger partial charge in [0.25, 0.3) is 0 Å². The Hall–Kier alpha value is -1.69. The average molecular weight is 276 g/mol. The van der Waals surface area contributed by atoms with Crippen LogP contribution in [0.25, 0.3) is 0 Å². The summed E-state index contributed by atoms with van der Waals surface area (Å²) in [6.07, 6.45) is 2.55. The number of rotatable bonds is 2. The fourth-order valence-electron chi connectivity index (χ4n) is 2.52. The van der Waals surface area contributed by atoms with Crippen LogP contribution in [-0.2, 0) is 11.2 Å². The van der Waals surface area contributed by atoms with Gasteiger partial charge in [0.05, 0.1) is 10.7 Å². The predicted molar refractivity (Wildman–Crippen MR) is 75.4 cm³/mol. The third kappa shape index (κ3) is 2.16. The minimum absolute atomic E-state index is 0.546. The number of hydrogen-bond acceptors (Lipinski definition) is 5. The van der Waals surface area contributed by atoms with E-state index in [0.717, 1.165) is 47.1 Å². The first-order chi connectivity index (χ1) is 9.19. The number of carbonyl (C=O) groups is 1. The summed E-state index contributed by atoms with van der Waals surface area (Å²) in [6, 6.07) is 0. The van der Waals surface area contributed by atoms with Gasteiger partial charge >= 0.3 is 0 Å². The molecule has 5 nitrogen and oxygen atoms in total. The molecule has 0 radical (unpaired) electrons. The van der Waals surface area contributed by atoms with E-state index in [-0.39, 0.29) is 0 Å². The lowest BCUT2D eigenvalue weighted by molar-refractivity contribution is -0.117. The highest BCUT2D eigenvalue weighted by atomic mass is 32.1. The summed E-state index contributed by atoms with van der Waals surface area (Å²) in [4.78, 5) is 23.2. The van der Waals surface area contributed by atoms with Gasteiger partial charge in [-0.25, -0.2) is 4.98 Å². The van der Waals surface area contributed by atoms with E-state index in [1.807, 2.05) is 6.92 Å². The van der Waals surface area contributed by atoms with Gasteiger partial charge in [-0.15, -0.1) is 11.3 Å². The van der Waals surface area contributed by atoms with Gasteiger partial charge in [-0.2, -0.15) is 0 Å². The van der Waals surface area contributed by atoms with E-state index in [1.54, 1.807) is 16.2 Å². The summed E-state index contributed by atoms with van der Waals surface area (Å²) >= 11 is 1.73. The number of aromatic nitrogens is 1. The van der Waals surface area contributed by atoms with Crippen LogP contribution in [0.15, 0.2) is 16.3 Å². The van der Waals surface area contributed by atoms with Crippen molar-refractivity contribution in [3.8, 4) is 0 Å². The first-order valence-electron chi connectivity index (χ1n) is 6.37. The number of fused-ring (bicyclic) bond motifs is 1. The zero-order chi connectivity index (χ0) is 13.4. The van der Waals surface area contributed by atoms with Crippen LogP contribution in [0.5, 0.6) is 0 Å². The van der Waals surface area contributed by atoms with E-state index in [2.05, 4.69) is 9.98 Å². The summed E-state index contributed by atoms with van der Waals surface area (Å²) in [7, 11) is 0. The third-order valence-electron chi connectivity index (χ3n) is 3.49. The molecule has 1 aromatic rings. The molecule has 3 rings (SSSR count).